The molecule has 1 fully saturated rings. The molecule has 0 spiro atoms. The van der Waals surface area contributed by atoms with Crippen LogP contribution in [0.1, 0.15) is 18.4 Å². The molecule has 1 aliphatic rings. The van der Waals surface area contributed by atoms with E-state index in [0.29, 0.717) is 22.8 Å². The number of benzene rings is 2. The molecular weight excluding hydrogens is 543 g/mol. The first-order valence-electron chi connectivity index (χ1n) is 12.3. The average molecular weight is 569 g/mol. The SMILES string of the molecule is Cc1cc(NS(=O)(=O)c2ccccc2Cl)cc(F)c1Oc1ncccc1-c1ccnc(NC2CCCNC2)n1. The minimum Gasteiger partial charge on any atom is -0.435 e. The maximum atomic E-state index is 15.3. The summed E-state index contributed by atoms with van der Waals surface area (Å²) in [5.74, 6) is -0.226. The number of aromatic nitrogens is 3. The summed E-state index contributed by atoms with van der Waals surface area (Å²) in [5.41, 5.74) is 1.49. The average Bonchev–Trinajstić information content (AvgIpc) is 2.92. The molecular formula is C27H26ClFN6O3S. The Bertz CT molecular complexity index is 1580. The molecule has 1 atom stereocenters. The van der Waals surface area contributed by atoms with Crippen molar-refractivity contribution < 1.29 is 17.5 Å². The summed E-state index contributed by atoms with van der Waals surface area (Å²) in [7, 11) is -4.03. The molecule has 0 radical (unpaired) electrons. The number of nitrogens with one attached hydrogen (secondary N) is 3. The van der Waals surface area contributed by atoms with Crippen LogP contribution >= 0.6 is 11.6 Å². The van der Waals surface area contributed by atoms with E-state index in [1.807, 2.05) is 0 Å². The molecule has 1 unspecified atom stereocenters. The van der Waals surface area contributed by atoms with Gasteiger partial charge < -0.3 is 15.4 Å². The van der Waals surface area contributed by atoms with Gasteiger partial charge in [-0.1, -0.05) is 23.7 Å². The zero-order chi connectivity index (χ0) is 27.4. The number of halogens is 2. The molecule has 9 nitrogen and oxygen atoms in total. The number of piperidine rings is 1. The smallest absolute Gasteiger partial charge is 0.263 e. The zero-order valence-electron chi connectivity index (χ0n) is 21.0. The van der Waals surface area contributed by atoms with Gasteiger partial charge in [0.05, 0.1) is 22.0 Å². The van der Waals surface area contributed by atoms with Crippen LogP contribution < -0.4 is 20.1 Å². The molecule has 5 rings (SSSR count). The first-order valence-corrected chi connectivity index (χ1v) is 14.2. The predicted octanol–water partition coefficient (Wildman–Crippen LogP) is 5.40. The fraction of sp³-hybridized carbons (Fsp3) is 0.222. The van der Waals surface area contributed by atoms with Crippen LogP contribution in [-0.2, 0) is 10.0 Å². The first kappa shape index (κ1) is 26.8. The minimum absolute atomic E-state index is 0.0298. The van der Waals surface area contributed by atoms with Gasteiger partial charge in [-0.2, -0.15) is 0 Å². The molecule has 2 aromatic carbocycles. The Morgan fingerprint density at radius 1 is 1.10 bits per heavy atom. The van der Waals surface area contributed by atoms with E-state index in [1.54, 1.807) is 43.5 Å². The van der Waals surface area contributed by atoms with Crippen molar-refractivity contribution in [2.75, 3.05) is 23.1 Å². The van der Waals surface area contributed by atoms with Crippen molar-refractivity contribution in [2.45, 2.75) is 30.7 Å². The summed E-state index contributed by atoms with van der Waals surface area (Å²) in [6.45, 7) is 3.44. The Hall–Kier alpha value is -3.80. The number of nitrogens with zero attached hydrogens (tertiary/aromatic N) is 3. The van der Waals surface area contributed by atoms with Crippen LogP contribution in [0, 0.1) is 12.7 Å². The van der Waals surface area contributed by atoms with Gasteiger partial charge in [-0.05, 0) is 68.3 Å². The molecule has 3 heterocycles. The second kappa shape index (κ2) is 11.5. The van der Waals surface area contributed by atoms with E-state index in [9.17, 15) is 8.42 Å². The minimum atomic E-state index is -4.03. The molecule has 2 aromatic heterocycles. The van der Waals surface area contributed by atoms with Crippen LogP contribution in [0.3, 0.4) is 0 Å². The van der Waals surface area contributed by atoms with Gasteiger partial charge in [0.25, 0.3) is 10.0 Å². The summed E-state index contributed by atoms with van der Waals surface area (Å²) in [4.78, 5) is 13.1. The Kier molecular flexibility index (Phi) is 7.92. The molecule has 0 aliphatic carbocycles. The second-order valence-electron chi connectivity index (χ2n) is 9.05. The van der Waals surface area contributed by atoms with Crippen LogP contribution in [-0.4, -0.2) is 42.5 Å². The number of anilines is 2. The lowest BCUT2D eigenvalue weighted by Crippen LogP contribution is -2.38. The van der Waals surface area contributed by atoms with Gasteiger partial charge >= 0.3 is 0 Å². The maximum absolute atomic E-state index is 15.3. The van der Waals surface area contributed by atoms with Crippen molar-refractivity contribution in [3.63, 3.8) is 0 Å². The topological polar surface area (TPSA) is 118 Å². The van der Waals surface area contributed by atoms with Crippen molar-refractivity contribution in [3.05, 3.63) is 83.4 Å². The highest BCUT2D eigenvalue weighted by molar-refractivity contribution is 7.92. The Morgan fingerprint density at radius 2 is 1.95 bits per heavy atom. The monoisotopic (exact) mass is 568 g/mol. The van der Waals surface area contributed by atoms with Crippen LogP contribution in [0.2, 0.25) is 5.02 Å². The standard InChI is InChI=1S/C27H26ClFN6O3S/c1-17-14-19(35-39(36,37)24-9-3-2-8-21(24)28)15-22(29)25(17)38-26-20(7-5-12-31-26)23-10-13-32-27(34-23)33-18-6-4-11-30-16-18/h2-3,5,7-10,12-15,18,30,35H,4,6,11,16H2,1H3,(H,32,33,34). The third-order valence-corrected chi connectivity index (χ3v) is 8.02. The molecule has 0 bridgehead atoms. The number of hydrogen-bond donors (Lipinski definition) is 3. The zero-order valence-corrected chi connectivity index (χ0v) is 22.6. The van der Waals surface area contributed by atoms with Gasteiger partial charge in [0.15, 0.2) is 11.6 Å². The van der Waals surface area contributed by atoms with E-state index in [4.69, 9.17) is 16.3 Å². The van der Waals surface area contributed by atoms with E-state index in [-0.39, 0.29) is 33.3 Å². The van der Waals surface area contributed by atoms with E-state index in [0.717, 1.165) is 32.0 Å². The summed E-state index contributed by atoms with van der Waals surface area (Å²) in [6.07, 6.45) is 5.27. The number of pyridine rings is 1. The summed E-state index contributed by atoms with van der Waals surface area (Å²) >= 11 is 6.04. The third kappa shape index (κ3) is 6.27. The normalized spacial score (nSPS) is 15.5. The van der Waals surface area contributed by atoms with E-state index >= 15 is 4.39 Å². The molecule has 4 aromatic rings. The highest BCUT2D eigenvalue weighted by Gasteiger charge is 2.21. The van der Waals surface area contributed by atoms with E-state index in [1.165, 1.54) is 24.4 Å². The van der Waals surface area contributed by atoms with Gasteiger partial charge in [-0.25, -0.2) is 27.8 Å². The summed E-state index contributed by atoms with van der Waals surface area (Å²) in [6, 6.07) is 14.0. The Balaban J connectivity index is 1.39. The van der Waals surface area contributed by atoms with Gasteiger partial charge in [0, 0.05) is 31.0 Å². The van der Waals surface area contributed by atoms with Gasteiger partial charge in [-0.15, -0.1) is 0 Å². The number of sulfonamides is 1. The molecule has 12 heteroatoms. The largest absolute Gasteiger partial charge is 0.435 e. The molecule has 39 heavy (non-hydrogen) atoms. The number of rotatable bonds is 8. The molecule has 1 aliphatic heterocycles. The lowest BCUT2D eigenvalue weighted by Gasteiger charge is -2.23. The van der Waals surface area contributed by atoms with Gasteiger partial charge in [0.2, 0.25) is 11.8 Å². The van der Waals surface area contributed by atoms with Crippen molar-refractivity contribution >= 4 is 33.3 Å². The summed E-state index contributed by atoms with van der Waals surface area (Å²) < 4.78 is 49.2. The highest BCUT2D eigenvalue weighted by Crippen LogP contribution is 2.35. The first-order chi connectivity index (χ1) is 18.8. The van der Waals surface area contributed by atoms with E-state index in [2.05, 4.69) is 30.3 Å². The lowest BCUT2D eigenvalue weighted by molar-refractivity contribution is 0.426. The lowest BCUT2D eigenvalue weighted by atomic mass is 10.1. The fourth-order valence-electron chi connectivity index (χ4n) is 4.29. The van der Waals surface area contributed by atoms with Crippen molar-refractivity contribution in [1.82, 2.24) is 20.3 Å². The second-order valence-corrected chi connectivity index (χ2v) is 11.1. The molecule has 0 saturated carbocycles. The Morgan fingerprint density at radius 3 is 2.72 bits per heavy atom. The van der Waals surface area contributed by atoms with Gasteiger partial charge in [0.1, 0.15) is 4.90 Å². The number of ether oxygens (including phenoxy) is 1. The van der Waals surface area contributed by atoms with Crippen molar-refractivity contribution in [1.29, 1.82) is 0 Å². The summed E-state index contributed by atoms with van der Waals surface area (Å²) in [5, 5.41) is 6.75. The van der Waals surface area contributed by atoms with Gasteiger partial charge in [-0.3, -0.25) is 4.72 Å². The predicted molar refractivity (Wildman–Crippen MR) is 148 cm³/mol. The number of aryl methyl sites for hydroxylation is 1. The molecule has 3 N–H and O–H groups in total. The van der Waals surface area contributed by atoms with Crippen molar-refractivity contribution in [2.24, 2.45) is 0 Å². The van der Waals surface area contributed by atoms with Crippen LogP contribution in [0.25, 0.3) is 11.3 Å². The van der Waals surface area contributed by atoms with Crippen LogP contribution in [0.15, 0.2) is 71.9 Å². The quantitative estimate of drug-likeness (QED) is 0.259. The highest BCUT2D eigenvalue weighted by atomic mass is 35.5. The fourth-order valence-corrected chi connectivity index (χ4v) is 5.85. The van der Waals surface area contributed by atoms with Crippen molar-refractivity contribution in [3.8, 4) is 22.9 Å². The van der Waals surface area contributed by atoms with Crippen LogP contribution in [0.4, 0.5) is 16.0 Å². The number of hydrogen-bond acceptors (Lipinski definition) is 8. The molecule has 0 amide bonds. The van der Waals surface area contributed by atoms with E-state index < -0.39 is 15.8 Å². The van der Waals surface area contributed by atoms with Crippen LogP contribution in [0.5, 0.6) is 11.6 Å². The third-order valence-electron chi connectivity index (χ3n) is 6.14. The maximum Gasteiger partial charge on any atom is 0.263 e. The molecule has 202 valence electrons. The molecule has 1 saturated heterocycles. The Labute approximate surface area is 230 Å².